The molecule has 3 aliphatic rings. The summed E-state index contributed by atoms with van der Waals surface area (Å²) in [5.74, 6) is -0.368. The summed E-state index contributed by atoms with van der Waals surface area (Å²) >= 11 is 0. The lowest BCUT2D eigenvalue weighted by Gasteiger charge is -2.35. The van der Waals surface area contributed by atoms with Crippen molar-refractivity contribution in [1.82, 2.24) is 25.0 Å². The van der Waals surface area contributed by atoms with Gasteiger partial charge < -0.3 is 21.7 Å². The molecule has 1 aromatic heterocycles. The summed E-state index contributed by atoms with van der Waals surface area (Å²) in [6.45, 7) is 4.16. The number of nitrogens with zero attached hydrogens (tertiary/aromatic N) is 4. The van der Waals surface area contributed by atoms with Crippen molar-refractivity contribution < 1.29 is 14.4 Å². The van der Waals surface area contributed by atoms with E-state index in [1.807, 2.05) is 26.0 Å². The standard InChI is InChI=1S/C32H36N8O4/c1-17(2)40-31(44)37-30(38-40)32(9-10-36-16-27(41)39-23(15-33)13-22-14-26(22)39)24-7-5-20(28(34)42)11-18(24)3-4-19-12-21(29(35)43)6-8-25(19)32/h5-8,11-12,17,22-23,26,36H,3-4,9-10,13-14,16H2,1-2H3,(H2,34,42)(H2,35,43)(H,37,38,44)/t22-,23?,26+/m1/s1. The van der Waals surface area contributed by atoms with Gasteiger partial charge in [0.1, 0.15) is 11.9 Å². The molecule has 2 heterocycles. The predicted molar refractivity (Wildman–Crippen MR) is 161 cm³/mol. The topological polar surface area (TPSA) is 193 Å². The van der Waals surface area contributed by atoms with Crippen LogP contribution in [0.2, 0.25) is 0 Å². The Morgan fingerprint density at radius 3 is 2.20 bits per heavy atom. The lowest BCUT2D eigenvalue weighted by molar-refractivity contribution is -0.131. The molecule has 0 bridgehead atoms. The summed E-state index contributed by atoms with van der Waals surface area (Å²) in [6, 6.07) is 12.5. The molecule has 1 aliphatic heterocycles. The Balaban J connectivity index is 1.44. The number of rotatable bonds is 9. The number of likely N-dealkylation sites (tertiary alicyclic amines) is 1. The minimum atomic E-state index is -1.02. The summed E-state index contributed by atoms with van der Waals surface area (Å²) in [7, 11) is 0. The summed E-state index contributed by atoms with van der Waals surface area (Å²) < 4.78 is 1.40. The van der Waals surface area contributed by atoms with Gasteiger partial charge in [0.2, 0.25) is 17.7 Å². The third kappa shape index (κ3) is 4.87. The van der Waals surface area contributed by atoms with Gasteiger partial charge in [0.05, 0.1) is 24.1 Å². The van der Waals surface area contributed by atoms with Crippen LogP contribution in [0.4, 0.5) is 0 Å². The van der Waals surface area contributed by atoms with Gasteiger partial charge in [-0.15, -0.1) is 0 Å². The number of nitrogens with one attached hydrogen (secondary N) is 2. The zero-order valence-corrected chi connectivity index (χ0v) is 24.8. The van der Waals surface area contributed by atoms with Crippen molar-refractivity contribution in [1.29, 1.82) is 5.26 Å². The maximum atomic E-state index is 13.2. The Morgan fingerprint density at radius 1 is 1.07 bits per heavy atom. The molecule has 1 unspecified atom stereocenters. The van der Waals surface area contributed by atoms with Gasteiger partial charge in [-0.3, -0.25) is 19.4 Å². The molecule has 228 valence electrons. The normalized spacial score (nSPS) is 21.1. The second-order valence-electron chi connectivity index (χ2n) is 12.4. The number of benzene rings is 2. The van der Waals surface area contributed by atoms with Crippen LogP contribution in [0.5, 0.6) is 0 Å². The summed E-state index contributed by atoms with van der Waals surface area (Å²) in [6.07, 6.45) is 3.15. The molecule has 2 aliphatic carbocycles. The number of aromatic nitrogens is 3. The maximum absolute atomic E-state index is 13.2. The van der Waals surface area contributed by atoms with Crippen LogP contribution >= 0.6 is 0 Å². The quantitative estimate of drug-likeness (QED) is 0.267. The van der Waals surface area contributed by atoms with E-state index in [2.05, 4.69) is 16.4 Å². The van der Waals surface area contributed by atoms with Gasteiger partial charge in [0.15, 0.2) is 0 Å². The smallest absolute Gasteiger partial charge is 0.343 e. The highest BCUT2D eigenvalue weighted by atomic mass is 16.2. The molecule has 0 radical (unpaired) electrons. The first-order valence-corrected chi connectivity index (χ1v) is 15.0. The molecule has 1 saturated heterocycles. The minimum Gasteiger partial charge on any atom is -0.366 e. The Labute approximate surface area is 254 Å². The van der Waals surface area contributed by atoms with E-state index in [0.29, 0.717) is 48.7 Å². The molecule has 2 fully saturated rings. The Hall–Kier alpha value is -4.76. The Bertz CT molecular complexity index is 1700. The van der Waals surface area contributed by atoms with Gasteiger partial charge in [0, 0.05) is 17.2 Å². The highest BCUT2D eigenvalue weighted by Crippen LogP contribution is 2.48. The third-order valence-electron chi connectivity index (χ3n) is 9.39. The van der Waals surface area contributed by atoms with Crippen molar-refractivity contribution in [2.45, 2.75) is 69.5 Å². The van der Waals surface area contributed by atoms with E-state index < -0.39 is 17.2 Å². The van der Waals surface area contributed by atoms with Gasteiger partial charge in [-0.25, -0.2) is 9.48 Å². The SMILES string of the molecule is CC(C)n1nc(C2(CCNCC(=O)N3C(C#N)C[C@@H]4C[C@@H]43)c3ccc(C(N)=O)cc3CCc3cc(C(N)=O)ccc32)[nH]c1=O. The van der Waals surface area contributed by atoms with E-state index in [-0.39, 0.29) is 36.3 Å². The lowest BCUT2D eigenvalue weighted by atomic mass is 9.69. The second kappa shape index (κ2) is 11.1. The van der Waals surface area contributed by atoms with Crippen molar-refractivity contribution >= 4 is 17.7 Å². The molecule has 3 amide bonds. The first kappa shape index (κ1) is 29.3. The summed E-state index contributed by atoms with van der Waals surface area (Å²) in [4.78, 5) is 55.4. The number of primary amides is 2. The maximum Gasteiger partial charge on any atom is 0.343 e. The summed E-state index contributed by atoms with van der Waals surface area (Å²) in [5.41, 5.74) is 14.1. The van der Waals surface area contributed by atoms with E-state index in [0.717, 1.165) is 35.1 Å². The molecule has 3 aromatic rings. The molecule has 2 aromatic carbocycles. The highest BCUT2D eigenvalue weighted by molar-refractivity contribution is 5.94. The summed E-state index contributed by atoms with van der Waals surface area (Å²) in [5, 5.41) is 17.6. The van der Waals surface area contributed by atoms with Crippen molar-refractivity contribution in [3.63, 3.8) is 0 Å². The van der Waals surface area contributed by atoms with E-state index in [1.54, 1.807) is 29.2 Å². The van der Waals surface area contributed by atoms with Gasteiger partial charge in [-0.1, -0.05) is 12.1 Å². The monoisotopic (exact) mass is 596 g/mol. The van der Waals surface area contributed by atoms with E-state index >= 15 is 0 Å². The molecular weight excluding hydrogens is 560 g/mol. The molecule has 12 heteroatoms. The van der Waals surface area contributed by atoms with Gasteiger partial charge >= 0.3 is 5.69 Å². The van der Waals surface area contributed by atoms with E-state index in [1.165, 1.54) is 4.68 Å². The van der Waals surface area contributed by atoms with Gasteiger partial charge in [-0.05, 0) is 105 Å². The third-order valence-corrected chi connectivity index (χ3v) is 9.39. The van der Waals surface area contributed by atoms with Crippen LogP contribution in [0.1, 0.15) is 87.9 Å². The van der Waals surface area contributed by atoms with Crippen LogP contribution in [0.3, 0.4) is 0 Å². The second-order valence-corrected chi connectivity index (χ2v) is 12.4. The molecule has 3 atom stereocenters. The number of amides is 3. The lowest BCUT2D eigenvalue weighted by Crippen LogP contribution is -2.44. The minimum absolute atomic E-state index is 0.0649. The zero-order valence-electron chi connectivity index (χ0n) is 24.8. The van der Waals surface area contributed by atoms with Crippen molar-refractivity contribution in [3.8, 4) is 6.07 Å². The number of piperidine rings is 1. The fourth-order valence-corrected chi connectivity index (χ4v) is 7.17. The van der Waals surface area contributed by atoms with E-state index in [4.69, 9.17) is 16.6 Å². The fourth-order valence-electron chi connectivity index (χ4n) is 7.17. The number of fused-ring (bicyclic) bond motifs is 3. The average molecular weight is 597 g/mol. The van der Waals surface area contributed by atoms with Crippen molar-refractivity contribution in [3.05, 3.63) is 86.1 Å². The number of carbonyl (C=O) groups is 3. The van der Waals surface area contributed by atoms with E-state index in [9.17, 15) is 24.4 Å². The predicted octanol–water partition coefficient (Wildman–Crippen LogP) is 1.28. The van der Waals surface area contributed by atoms with Crippen LogP contribution in [0.25, 0.3) is 0 Å². The highest BCUT2D eigenvalue weighted by Gasteiger charge is 2.54. The molecule has 6 rings (SSSR count). The van der Waals surface area contributed by atoms with Crippen LogP contribution in [-0.4, -0.2) is 62.6 Å². The zero-order chi connectivity index (χ0) is 31.3. The number of H-pyrrole nitrogens is 1. The van der Waals surface area contributed by atoms with Crippen LogP contribution in [0.15, 0.2) is 41.2 Å². The molecule has 12 nitrogen and oxygen atoms in total. The number of hydrogen-bond acceptors (Lipinski definition) is 7. The number of aryl methyl sites for hydroxylation is 2. The molecule has 6 N–H and O–H groups in total. The molecule has 0 spiro atoms. The number of nitriles is 1. The average Bonchev–Trinajstić information content (AvgIpc) is 3.52. The van der Waals surface area contributed by atoms with Crippen LogP contribution in [-0.2, 0) is 23.1 Å². The Morgan fingerprint density at radius 2 is 1.68 bits per heavy atom. The van der Waals surface area contributed by atoms with Crippen molar-refractivity contribution in [2.24, 2.45) is 17.4 Å². The molecular formula is C32H36N8O4. The first-order chi connectivity index (χ1) is 21.0. The fraction of sp³-hybridized carbons (Fsp3) is 0.438. The number of hydrogen-bond donors (Lipinski definition) is 4. The Kier molecular flexibility index (Phi) is 7.37. The van der Waals surface area contributed by atoms with Gasteiger partial charge in [0.25, 0.3) is 0 Å². The number of aromatic amines is 1. The molecule has 44 heavy (non-hydrogen) atoms. The molecule has 1 saturated carbocycles. The first-order valence-electron chi connectivity index (χ1n) is 15.0. The number of carbonyl (C=O) groups excluding carboxylic acids is 3. The van der Waals surface area contributed by atoms with Crippen LogP contribution < -0.4 is 22.5 Å². The van der Waals surface area contributed by atoms with Crippen LogP contribution in [0, 0.1) is 17.2 Å². The van der Waals surface area contributed by atoms with Crippen molar-refractivity contribution in [2.75, 3.05) is 13.1 Å². The largest absolute Gasteiger partial charge is 0.366 e. The number of nitrogens with two attached hydrogens (primary N) is 2. The van der Waals surface area contributed by atoms with Gasteiger partial charge in [-0.2, -0.15) is 10.4 Å².